The van der Waals surface area contributed by atoms with E-state index in [9.17, 15) is 9.59 Å². The van der Waals surface area contributed by atoms with Gasteiger partial charge < -0.3 is 4.42 Å². The molecule has 0 spiro atoms. The van der Waals surface area contributed by atoms with Crippen molar-refractivity contribution in [3.05, 3.63) is 84.6 Å². The molecule has 144 valence electrons. The quantitative estimate of drug-likeness (QED) is 0.435. The normalized spacial score (nSPS) is 15.9. The summed E-state index contributed by atoms with van der Waals surface area (Å²) in [6.07, 6.45) is 0. The number of benzene rings is 2. The number of hydrogen-bond acceptors (Lipinski definition) is 6. The van der Waals surface area contributed by atoms with Crippen molar-refractivity contribution in [2.45, 2.75) is 13.0 Å². The summed E-state index contributed by atoms with van der Waals surface area (Å²) in [6, 6.07) is 11.0. The lowest BCUT2D eigenvalue weighted by Crippen LogP contribution is -2.29. The Morgan fingerprint density at radius 3 is 2.59 bits per heavy atom. The van der Waals surface area contributed by atoms with E-state index >= 15 is 0 Å². The zero-order valence-corrected chi connectivity index (χ0v) is 17.2. The molecule has 0 unspecified atom stereocenters. The first-order chi connectivity index (χ1) is 13.9. The van der Waals surface area contributed by atoms with Gasteiger partial charge >= 0.3 is 0 Å². The van der Waals surface area contributed by atoms with Crippen molar-refractivity contribution in [3.63, 3.8) is 0 Å². The molecule has 1 atom stereocenters. The average molecular weight is 444 g/mol. The Bertz CT molecular complexity index is 1360. The first-order valence-corrected chi connectivity index (χ1v) is 10.2. The second kappa shape index (κ2) is 6.66. The van der Waals surface area contributed by atoms with Gasteiger partial charge in [0.15, 0.2) is 5.43 Å². The lowest BCUT2D eigenvalue weighted by Gasteiger charge is -2.22. The summed E-state index contributed by atoms with van der Waals surface area (Å²) in [7, 11) is 0. The van der Waals surface area contributed by atoms with Crippen molar-refractivity contribution < 1.29 is 9.21 Å². The molecule has 0 N–H and O–H groups in total. The number of amides is 1. The molecule has 29 heavy (non-hydrogen) atoms. The van der Waals surface area contributed by atoms with E-state index in [0.29, 0.717) is 36.7 Å². The fourth-order valence-corrected chi connectivity index (χ4v) is 4.60. The van der Waals surface area contributed by atoms with Crippen molar-refractivity contribution >= 4 is 56.5 Å². The molecule has 5 rings (SSSR count). The monoisotopic (exact) mass is 443 g/mol. The number of anilines is 1. The Morgan fingerprint density at radius 1 is 1.07 bits per heavy atom. The van der Waals surface area contributed by atoms with Gasteiger partial charge in [0, 0.05) is 10.0 Å². The van der Waals surface area contributed by atoms with Crippen molar-refractivity contribution in [1.82, 2.24) is 10.2 Å². The summed E-state index contributed by atoms with van der Waals surface area (Å²) >= 11 is 13.5. The van der Waals surface area contributed by atoms with Gasteiger partial charge in [-0.05, 0) is 42.8 Å². The maximum Gasteiger partial charge on any atom is 0.297 e. The third-order valence-electron chi connectivity index (χ3n) is 4.72. The van der Waals surface area contributed by atoms with Gasteiger partial charge in [-0.3, -0.25) is 14.5 Å². The number of nitrogens with zero attached hydrogens (tertiary/aromatic N) is 3. The van der Waals surface area contributed by atoms with Gasteiger partial charge in [-0.1, -0.05) is 46.7 Å². The van der Waals surface area contributed by atoms with E-state index in [0.717, 1.165) is 0 Å². The van der Waals surface area contributed by atoms with Gasteiger partial charge in [0.2, 0.25) is 10.9 Å². The molecule has 1 aliphatic rings. The van der Waals surface area contributed by atoms with E-state index in [1.54, 1.807) is 49.4 Å². The third-order valence-corrected chi connectivity index (χ3v) is 6.03. The molecule has 2 aromatic heterocycles. The molecular weight excluding hydrogens is 433 g/mol. The SMILES string of the molecule is Cc1nnc(N2C(=O)c3oc4ccc(Cl)cc4c(=O)c3[C@H]2c2cccc(Cl)c2)s1. The smallest absolute Gasteiger partial charge is 0.297 e. The number of fused-ring (bicyclic) bond motifs is 2. The number of halogens is 2. The number of aryl methyl sites for hydroxylation is 1. The molecule has 0 bridgehead atoms. The third kappa shape index (κ3) is 2.85. The Morgan fingerprint density at radius 2 is 1.86 bits per heavy atom. The van der Waals surface area contributed by atoms with Crippen molar-refractivity contribution in [2.24, 2.45) is 0 Å². The summed E-state index contributed by atoms with van der Waals surface area (Å²) < 4.78 is 5.87. The first-order valence-electron chi connectivity index (χ1n) is 8.59. The van der Waals surface area contributed by atoms with Crippen LogP contribution in [0.1, 0.15) is 32.7 Å². The Balaban J connectivity index is 1.84. The Hall–Kier alpha value is -2.74. The molecule has 1 aliphatic heterocycles. The van der Waals surface area contributed by atoms with E-state index in [1.807, 2.05) is 0 Å². The molecule has 0 saturated heterocycles. The van der Waals surface area contributed by atoms with Crippen LogP contribution in [-0.2, 0) is 0 Å². The second-order valence-electron chi connectivity index (χ2n) is 6.55. The number of aromatic nitrogens is 2. The average Bonchev–Trinajstić information content (AvgIpc) is 3.24. The van der Waals surface area contributed by atoms with E-state index < -0.39 is 11.9 Å². The fourth-order valence-electron chi connectivity index (χ4n) is 3.52. The second-order valence-corrected chi connectivity index (χ2v) is 8.58. The molecule has 3 heterocycles. The van der Waals surface area contributed by atoms with Gasteiger partial charge in [-0.2, -0.15) is 0 Å². The minimum absolute atomic E-state index is 0.0114. The molecule has 4 aromatic rings. The summed E-state index contributed by atoms with van der Waals surface area (Å²) in [6.45, 7) is 1.79. The fraction of sp³-hybridized carbons (Fsp3) is 0.100. The zero-order chi connectivity index (χ0) is 20.3. The van der Waals surface area contributed by atoms with Gasteiger partial charge in [0.05, 0.1) is 17.0 Å². The van der Waals surface area contributed by atoms with Crippen LogP contribution in [0.15, 0.2) is 51.7 Å². The van der Waals surface area contributed by atoms with Gasteiger partial charge in [0.25, 0.3) is 5.91 Å². The van der Waals surface area contributed by atoms with E-state index in [2.05, 4.69) is 10.2 Å². The summed E-state index contributed by atoms with van der Waals surface area (Å²) in [5.41, 5.74) is 0.892. The topological polar surface area (TPSA) is 76.3 Å². The predicted octanol–water partition coefficient (Wildman–Crippen LogP) is 5.01. The minimum atomic E-state index is -0.733. The highest BCUT2D eigenvalue weighted by Gasteiger charge is 2.45. The summed E-state index contributed by atoms with van der Waals surface area (Å²) in [5.74, 6) is -0.460. The van der Waals surface area contributed by atoms with Crippen LogP contribution in [0.3, 0.4) is 0 Å². The standard InChI is InChI=1S/C20H11Cl2N3O3S/c1-9-23-24-20(29-9)25-16(10-3-2-4-11(21)7-10)15-17(26)13-8-12(22)5-6-14(13)28-18(15)19(25)27/h2-8,16H,1H3/t16-/m1/s1. The van der Waals surface area contributed by atoms with Crippen molar-refractivity contribution in [1.29, 1.82) is 0 Å². The molecule has 1 amide bonds. The maximum atomic E-state index is 13.4. The highest BCUT2D eigenvalue weighted by molar-refractivity contribution is 7.15. The van der Waals surface area contributed by atoms with Crippen LogP contribution < -0.4 is 10.3 Å². The number of rotatable bonds is 2. The van der Waals surface area contributed by atoms with Crippen molar-refractivity contribution in [3.8, 4) is 0 Å². The van der Waals surface area contributed by atoms with Crippen LogP contribution in [0.4, 0.5) is 5.13 Å². The predicted molar refractivity (Wildman–Crippen MR) is 112 cm³/mol. The van der Waals surface area contributed by atoms with Crippen LogP contribution in [-0.4, -0.2) is 16.1 Å². The first kappa shape index (κ1) is 18.3. The molecule has 0 aliphatic carbocycles. The Labute approximate surface area is 178 Å². The Kier molecular flexibility index (Phi) is 4.20. The van der Waals surface area contributed by atoms with Gasteiger partial charge in [-0.25, -0.2) is 0 Å². The number of carbonyl (C=O) groups is 1. The molecular formula is C20H11Cl2N3O3S. The molecule has 0 radical (unpaired) electrons. The lowest BCUT2D eigenvalue weighted by atomic mass is 9.99. The number of hydrogen-bond donors (Lipinski definition) is 0. The molecule has 0 saturated carbocycles. The highest BCUT2D eigenvalue weighted by atomic mass is 35.5. The molecule has 0 fully saturated rings. The maximum absolute atomic E-state index is 13.4. The zero-order valence-electron chi connectivity index (χ0n) is 14.8. The largest absolute Gasteiger partial charge is 0.450 e. The van der Waals surface area contributed by atoms with Crippen molar-refractivity contribution in [2.75, 3.05) is 4.90 Å². The van der Waals surface area contributed by atoms with E-state index in [4.69, 9.17) is 27.6 Å². The van der Waals surface area contributed by atoms with Crippen LogP contribution in [0.5, 0.6) is 0 Å². The van der Waals surface area contributed by atoms with Gasteiger partial charge in [0.1, 0.15) is 10.6 Å². The van der Waals surface area contributed by atoms with Crippen LogP contribution in [0.25, 0.3) is 11.0 Å². The highest BCUT2D eigenvalue weighted by Crippen LogP contribution is 2.42. The molecule has 2 aromatic carbocycles. The molecule has 6 nitrogen and oxygen atoms in total. The van der Waals surface area contributed by atoms with Crippen LogP contribution >= 0.6 is 34.5 Å². The minimum Gasteiger partial charge on any atom is -0.450 e. The van der Waals surface area contributed by atoms with Gasteiger partial charge in [-0.15, -0.1) is 10.2 Å². The van der Waals surface area contributed by atoms with E-state index in [1.165, 1.54) is 16.2 Å². The number of carbonyl (C=O) groups excluding carboxylic acids is 1. The summed E-state index contributed by atoms with van der Waals surface area (Å²) in [4.78, 5) is 28.2. The van der Waals surface area contributed by atoms with Crippen LogP contribution in [0.2, 0.25) is 10.0 Å². The van der Waals surface area contributed by atoms with E-state index in [-0.39, 0.29) is 16.8 Å². The molecule has 9 heteroatoms. The summed E-state index contributed by atoms with van der Waals surface area (Å²) in [5, 5.41) is 10.4. The van der Waals surface area contributed by atoms with Crippen LogP contribution in [0, 0.1) is 6.92 Å². The lowest BCUT2D eigenvalue weighted by molar-refractivity contribution is 0.0970.